The molecule has 0 aliphatic carbocycles. The summed E-state index contributed by atoms with van der Waals surface area (Å²) in [5, 5.41) is 9.75. The van der Waals surface area contributed by atoms with Gasteiger partial charge in [0.1, 0.15) is 25.6 Å². The molecule has 5 rings (SSSR count). The van der Waals surface area contributed by atoms with Crippen molar-refractivity contribution in [2.45, 2.75) is 26.4 Å². The molecule has 0 spiro atoms. The maximum absolute atomic E-state index is 9.75. The molecule has 5 nitrogen and oxygen atoms in total. The first-order valence-electron chi connectivity index (χ1n) is 12.5. The van der Waals surface area contributed by atoms with Crippen molar-refractivity contribution in [3.8, 4) is 28.6 Å². The molecule has 0 radical (unpaired) electrons. The van der Waals surface area contributed by atoms with Gasteiger partial charge in [0.05, 0.1) is 6.61 Å². The zero-order chi connectivity index (χ0) is 26.0. The van der Waals surface area contributed by atoms with Crippen LogP contribution in [0.5, 0.6) is 17.5 Å². The van der Waals surface area contributed by atoms with Crippen molar-refractivity contribution < 1.29 is 19.3 Å². The minimum Gasteiger partial charge on any atom is -0.488 e. The van der Waals surface area contributed by atoms with Crippen LogP contribution in [0.3, 0.4) is 0 Å². The molecule has 5 heteroatoms. The van der Waals surface area contributed by atoms with Gasteiger partial charge >= 0.3 is 0 Å². The SMILES string of the molecule is OCc1ccc(-c2ccc(OCc3ccccc3)nc2OCc2ccccc2)c(OCc2ccccc2)c1. The molecule has 0 aliphatic heterocycles. The zero-order valence-corrected chi connectivity index (χ0v) is 21.0. The van der Waals surface area contributed by atoms with Crippen LogP contribution in [0, 0.1) is 0 Å². The lowest BCUT2D eigenvalue weighted by Crippen LogP contribution is -2.03. The van der Waals surface area contributed by atoms with E-state index in [1.807, 2.05) is 121 Å². The molecule has 4 aromatic carbocycles. The van der Waals surface area contributed by atoms with E-state index in [0.29, 0.717) is 37.3 Å². The highest BCUT2D eigenvalue weighted by Gasteiger charge is 2.16. The summed E-state index contributed by atoms with van der Waals surface area (Å²) >= 11 is 0. The van der Waals surface area contributed by atoms with Crippen LogP contribution in [0.2, 0.25) is 0 Å². The second-order valence-corrected chi connectivity index (χ2v) is 8.81. The molecule has 5 aromatic rings. The second-order valence-electron chi connectivity index (χ2n) is 8.81. The fourth-order valence-corrected chi connectivity index (χ4v) is 4.02. The molecule has 1 N–H and O–H groups in total. The van der Waals surface area contributed by atoms with E-state index in [0.717, 1.165) is 33.4 Å². The first kappa shape index (κ1) is 25.1. The molecule has 38 heavy (non-hydrogen) atoms. The number of hydrogen-bond acceptors (Lipinski definition) is 5. The zero-order valence-electron chi connectivity index (χ0n) is 21.0. The normalized spacial score (nSPS) is 10.7. The molecule has 0 fully saturated rings. The number of aliphatic hydroxyl groups is 1. The van der Waals surface area contributed by atoms with Gasteiger partial charge in [-0.05, 0) is 34.4 Å². The highest BCUT2D eigenvalue weighted by Crippen LogP contribution is 2.38. The summed E-state index contributed by atoms with van der Waals surface area (Å²) in [5.41, 5.74) is 5.51. The number of hydrogen-bond donors (Lipinski definition) is 1. The quantitative estimate of drug-likeness (QED) is 0.211. The van der Waals surface area contributed by atoms with Gasteiger partial charge < -0.3 is 19.3 Å². The van der Waals surface area contributed by atoms with Gasteiger partial charge in [0.2, 0.25) is 11.8 Å². The van der Waals surface area contributed by atoms with Crippen LogP contribution >= 0.6 is 0 Å². The Morgan fingerprint density at radius 1 is 0.500 bits per heavy atom. The average Bonchev–Trinajstić information content (AvgIpc) is 2.99. The molecule has 0 amide bonds. The van der Waals surface area contributed by atoms with Crippen LogP contribution in [0.15, 0.2) is 121 Å². The molecular formula is C33H29NO4. The predicted octanol–water partition coefficient (Wildman–Crippen LogP) is 6.98. The summed E-state index contributed by atoms with van der Waals surface area (Å²) in [6, 6.07) is 39.4. The highest BCUT2D eigenvalue weighted by atomic mass is 16.5. The lowest BCUT2D eigenvalue weighted by Gasteiger charge is -2.17. The molecule has 190 valence electrons. The van der Waals surface area contributed by atoms with Crippen LogP contribution in [0.4, 0.5) is 0 Å². The number of aliphatic hydroxyl groups excluding tert-OH is 1. The van der Waals surface area contributed by atoms with Crippen molar-refractivity contribution >= 4 is 0 Å². The smallest absolute Gasteiger partial charge is 0.225 e. The maximum Gasteiger partial charge on any atom is 0.225 e. The summed E-state index contributed by atoms with van der Waals surface area (Å²) in [7, 11) is 0. The molecule has 0 unspecified atom stereocenters. The number of benzene rings is 4. The summed E-state index contributed by atoms with van der Waals surface area (Å²) < 4.78 is 18.5. The minimum absolute atomic E-state index is 0.0795. The lowest BCUT2D eigenvalue weighted by atomic mass is 10.0. The Morgan fingerprint density at radius 2 is 1.03 bits per heavy atom. The summed E-state index contributed by atoms with van der Waals surface area (Å²) in [6.45, 7) is 1.08. The van der Waals surface area contributed by atoms with Crippen LogP contribution < -0.4 is 14.2 Å². The molecule has 0 saturated carbocycles. The third-order valence-corrected chi connectivity index (χ3v) is 6.04. The van der Waals surface area contributed by atoms with Crippen molar-refractivity contribution in [1.29, 1.82) is 0 Å². The van der Waals surface area contributed by atoms with Gasteiger partial charge in [0.15, 0.2) is 0 Å². The second kappa shape index (κ2) is 12.6. The molecule has 0 aliphatic rings. The van der Waals surface area contributed by atoms with Crippen molar-refractivity contribution in [3.63, 3.8) is 0 Å². The summed E-state index contributed by atoms with van der Waals surface area (Å²) in [5.74, 6) is 1.56. The highest BCUT2D eigenvalue weighted by molar-refractivity contribution is 5.75. The number of pyridine rings is 1. The van der Waals surface area contributed by atoms with Crippen molar-refractivity contribution in [3.05, 3.63) is 144 Å². The van der Waals surface area contributed by atoms with Gasteiger partial charge in [0, 0.05) is 17.2 Å². The predicted molar refractivity (Wildman–Crippen MR) is 148 cm³/mol. The molecule has 1 heterocycles. The molecule has 0 bridgehead atoms. The van der Waals surface area contributed by atoms with E-state index in [9.17, 15) is 5.11 Å². The monoisotopic (exact) mass is 503 g/mol. The average molecular weight is 504 g/mol. The van der Waals surface area contributed by atoms with Crippen LogP contribution in [0.1, 0.15) is 22.3 Å². The third-order valence-electron chi connectivity index (χ3n) is 6.04. The van der Waals surface area contributed by atoms with Crippen molar-refractivity contribution in [1.82, 2.24) is 4.98 Å². The fourth-order valence-electron chi connectivity index (χ4n) is 4.02. The van der Waals surface area contributed by atoms with Gasteiger partial charge in [-0.25, -0.2) is 0 Å². The first-order valence-corrected chi connectivity index (χ1v) is 12.5. The maximum atomic E-state index is 9.75. The standard InChI is InChI=1S/C33H29NO4/c35-21-28-16-17-29(31(20-28)36-22-25-10-4-1-5-11-25)30-18-19-32(37-23-26-12-6-2-7-13-26)34-33(30)38-24-27-14-8-3-9-15-27/h1-20,35H,21-24H2. The molecule has 0 atom stereocenters. The Bertz CT molecular complexity index is 1440. The van der Waals surface area contributed by atoms with E-state index in [4.69, 9.17) is 19.2 Å². The molecular weight excluding hydrogens is 474 g/mol. The number of ether oxygens (including phenoxy) is 3. The Kier molecular flexibility index (Phi) is 8.29. The van der Waals surface area contributed by atoms with Crippen LogP contribution in [-0.2, 0) is 26.4 Å². The third kappa shape index (κ3) is 6.58. The van der Waals surface area contributed by atoms with Crippen LogP contribution in [0.25, 0.3) is 11.1 Å². The number of rotatable bonds is 11. The minimum atomic E-state index is -0.0795. The fraction of sp³-hybridized carbons (Fsp3) is 0.121. The van der Waals surface area contributed by atoms with E-state index >= 15 is 0 Å². The Balaban J connectivity index is 1.46. The molecule has 0 saturated heterocycles. The van der Waals surface area contributed by atoms with Gasteiger partial charge in [0.25, 0.3) is 0 Å². The van der Waals surface area contributed by atoms with E-state index in [2.05, 4.69) is 0 Å². The van der Waals surface area contributed by atoms with Gasteiger partial charge in [-0.2, -0.15) is 4.98 Å². The molecule has 1 aromatic heterocycles. The first-order chi connectivity index (χ1) is 18.8. The van der Waals surface area contributed by atoms with Gasteiger partial charge in [-0.3, -0.25) is 0 Å². The Morgan fingerprint density at radius 3 is 1.61 bits per heavy atom. The number of aromatic nitrogens is 1. The van der Waals surface area contributed by atoms with Crippen molar-refractivity contribution in [2.24, 2.45) is 0 Å². The van der Waals surface area contributed by atoms with Crippen LogP contribution in [-0.4, -0.2) is 10.1 Å². The Hall–Kier alpha value is -4.61. The Labute approximate surface area is 222 Å². The van der Waals surface area contributed by atoms with E-state index in [1.165, 1.54) is 0 Å². The van der Waals surface area contributed by atoms with E-state index < -0.39 is 0 Å². The van der Waals surface area contributed by atoms with E-state index in [1.54, 1.807) is 0 Å². The summed E-state index contributed by atoms with van der Waals surface area (Å²) in [4.78, 5) is 4.73. The van der Waals surface area contributed by atoms with Gasteiger partial charge in [-0.15, -0.1) is 0 Å². The van der Waals surface area contributed by atoms with E-state index in [-0.39, 0.29) is 6.61 Å². The lowest BCUT2D eigenvalue weighted by molar-refractivity contribution is 0.268. The van der Waals surface area contributed by atoms with Crippen molar-refractivity contribution in [2.75, 3.05) is 0 Å². The number of nitrogens with zero attached hydrogens (tertiary/aromatic N) is 1. The largest absolute Gasteiger partial charge is 0.488 e. The summed E-state index contributed by atoms with van der Waals surface area (Å²) in [6.07, 6.45) is 0. The topological polar surface area (TPSA) is 60.8 Å². The van der Waals surface area contributed by atoms with Gasteiger partial charge in [-0.1, -0.05) is 103 Å².